The molecule has 0 aliphatic rings. The highest BCUT2D eigenvalue weighted by molar-refractivity contribution is 5.94. The summed E-state index contributed by atoms with van der Waals surface area (Å²) >= 11 is 0. The molecule has 0 saturated heterocycles. The van der Waals surface area contributed by atoms with Crippen molar-refractivity contribution >= 4 is 17.3 Å². The van der Waals surface area contributed by atoms with Crippen LogP contribution < -0.4 is 5.32 Å². The number of nitro groups is 1. The highest BCUT2D eigenvalue weighted by Crippen LogP contribution is 2.22. The van der Waals surface area contributed by atoms with E-state index in [4.69, 9.17) is 5.26 Å². The van der Waals surface area contributed by atoms with E-state index in [9.17, 15) is 19.3 Å². The molecule has 1 unspecified atom stereocenters. The van der Waals surface area contributed by atoms with E-state index in [-0.39, 0.29) is 11.6 Å². The fourth-order valence-corrected chi connectivity index (χ4v) is 1.44. The minimum Gasteiger partial charge on any atom is -0.322 e. The number of nitro benzene ring substituents is 1. The van der Waals surface area contributed by atoms with Gasteiger partial charge >= 0.3 is 0 Å². The Morgan fingerprint density at radius 1 is 1.53 bits per heavy atom. The summed E-state index contributed by atoms with van der Waals surface area (Å²) in [5.74, 6) is -2.67. The molecule has 1 N–H and O–H groups in total. The van der Waals surface area contributed by atoms with E-state index in [1.54, 1.807) is 13.8 Å². The topological polar surface area (TPSA) is 96.0 Å². The zero-order chi connectivity index (χ0) is 14.6. The van der Waals surface area contributed by atoms with Gasteiger partial charge in [0, 0.05) is 6.07 Å². The first-order valence-corrected chi connectivity index (χ1v) is 5.51. The van der Waals surface area contributed by atoms with Crippen molar-refractivity contribution in [1.82, 2.24) is 0 Å². The molecular weight excluding hydrogens is 253 g/mol. The number of anilines is 1. The zero-order valence-corrected chi connectivity index (χ0v) is 10.4. The monoisotopic (exact) mass is 265 g/mol. The summed E-state index contributed by atoms with van der Waals surface area (Å²) in [6.45, 7) is 3.39. The van der Waals surface area contributed by atoms with Crippen molar-refractivity contribution in [3.63, 3.8) is 0 Å². The van der Waals surface area contributed by atoms with E-state index >= 15 is 0 Å². The summed E-state index contributed by atoms with van der Waals surface area (Å²) < 4.78 is 13.5. The molecule has 1 aromatic carbocycles. The molecule has 0 aliphatic heterocycles. The lowest BCUT2D eigenvalue weighted by molar-refractivity contribution is -0.385. The molecule has 0 spiro atoms. The Hall–Kier alpha value is -2.49. The molecule has 1 aromatic rings. The van der Waals surface area contributed by atoms with E-state index in [2.05, 4.69) is 5.32 Å². The van der Waals surface area contributed by atoms with Gasteiger partial charge in [-0.1, -0.05) is 13.8 Å². The number of nitriles is 1. The third-order valence-corrected chi connectivity index (χ3v) is 2.51. The number of nitrogens with one attached hydrogen (secondary N) is 1. The lowest BCUT2D eigenvalue weighted by atomic mass is 9.96. The molecule has 0 bridgehead atoms. The van der Waals surface area contributed by atoms with Gasteiger partial charge < -0.3 is 5.32 Å². The summed E-state index contributed by atoms with van der Waals surface area (Å²) in [4.78, 5) is 21.4. The molecule has 0 radical (unpaired) electrons. The minimum atomic E-state index is -0.914. The van der Waals surface area contributed by atoms with Crippen molar-refractivity contribution in [3.8, 4) is 6.07 Å². The molecular formula is C12H12FN3O3. The molecule has 1 amide bonds. The largest absolute Gasteiger partial charge is 0.322 e. The SMILES string of the molecule is CC(C)C(C#N)C(=O)Nc1ccc([N+](=O)[O-])cc1F. The van der Waals surface area contributed by atoms with Crippen LogP contribution in [-0.2, 0) is 4.79 Å². The van der Waals surface area contributed by atoms with Crippen molar-refractivity contribution in [1.29, 1.82) is 5.26 Å². The minimum absolute atomic E-state index is 0.184. The number of rotatable bonds is 4. The summed E-state index contributed by atoms with van der Waals surface area (Å²) in [7, 11) is 0. The number of carbonyl (C=O) groups is 1. The van der Waals surface area contributed by atoms with Crippen molar-refractivity contribution in [2.45, 2.75) is 13.8 Å². The average Bonchev–Trinajstić information content (AvgIpc) is 2.31. The van der Waals surface area contributed by atoms with Crippen LogP contribution in [-0.4, -0.2) is 10.8 Å². The first-order chi connectivity index (χ1) is 8.86. The van der Waals surface area contributed by atoms with Gasteiger partial charge in [0.25, 0.3) is 5.69 Å². The predicted octanol–water partition coefficient (Wildman–Crippen LogP) is 2.47. The maximum absolute atomic E-state index is 13.5. The third kappa shape index (κ3) is 3.48. The van der Waals surface area contributed by atoms with Crippen LogP contribution in [0.3, 0.4) is 0 Å². The maximum atomic E-state index is 13.5. The van der Waals surface area contributed by atoms with Gasteiger partial charge in [-0.15, -0.1) is 0 Å². The molecule has 0 aromatic heterocycles. The number of non-ortho nitro benzene ring substituents is 1. The lowest BCUT2D eigenvalue weighted by Crippen LogP contribution is -2.26. The normalized spacial score (nSPS) is 11.7. The Kier molecular flexibility index (Phi) is 4.53. The van der Waals surface area contributed by atoms with E-state index in [1.165, 1.54) is 0 Å². The zero-order valence-electron chi connectivity index (χ0n) is 10.4. The molecule has 19 heavy (non-hydrogen) atoms. The van der Waals surface area contributed by atoms with Crippen LogP contribution in [0.4, 0.5) is 15.8 Å². The molecule has 7 heteroatoms. The Bertz CT molecular complexity index is 552. The molecule has 0 aliphatic carbocycles. The fraction of sp³-hybridized carbons (Fsp3) is 0.333. The molecule has 0 saturated carbocycles. The third-order valence-electron chi connectivity index (χ3n) is 2.51. The van der Waals surface area contributed by atoms with Gasteiger partial charge in [0.15, 0.2) is 5.82 Å². The number of hydrogen-bond donors (Lipinski definition) is 1. The highest BCUT2D eigenvalue weighted by atomic mass is 19.1. The number of hydrogen-bond acceptors (Lipinski definition) is 4. The van der Waals surface area contributed by atoms with Crippen LogP contribution in [0, 0.1) is 39.1 Å². The Morgan fingerprint density at radius 2 is 2.16 bits per heavy atom. The molecule has 1 atom stereocenters. The van der Waals surface area contributed by atoms with Crippen LogP contribution in [0.2, 0.25) is 0 Å². The van der Waals surface area contributed by atoms with Crippen LogP contribution in [0.1, 0.15) is 13.8 Å². The van der Waals surface area contributed by atoms with Crippen LogP contribution in [0.5, 0.6) is 0 Å². The lowest BCUT2D eigenvalue weighted by Gasteiger charge is -2.13. The Morgan fingerprint density at radius 3 is 2.58 bits per heavy atom. The molecule has 0 heterocycles. The van der Waals surface area contributed by atoms with Crippen LogP contribution in [0.25, 0.3) is 0 Å². The number of carbonyl (C=O) groups excluding carboxylic acids is 1. The van der Waals surface area contributed by atoms with E-state index < -0.39 is 28.3 Å². The van der Waals surface area contributed by atoms with Gasteiger partial charge in [-0.25, -0.2) is 4.39 Å². The maximum Gasteiger partial charge on any atom is 0.272 e. The molecule has 0 fully saturated rings. The fourth-order valence-electron chi connectivity index (χ4n) is 1.44. The summed E-state index contributed by atoms with van der Waals surface area (Å²) in [6.07, 6.45) is 0. The molecule has 6 nitrogen and oxygen atoms in total. The van der Waals surface area contributed by atoms with E-state index in [0.717, 1.165) is 12.1 Å². The highest BCUT2D eigenvalue weighted by Gasteiger charge is 2.23. The summed E-state index contributed by atoms with van der Waals surface area (Å²) in [6, 6.07) is 4.72. The smallest absolute Gasteiger partial charge is 0.272 e. The van der Waals surface area contributed by atoms with Crippen molar-refractivity contribution in [2.24, 2.45) is 11.8 Å². The second-order valence-corrected chi connectivity index (χ2v) is 4.26. The Labute approximate surface area is 109 Å². The molecule has 100 valence electrons. The van der Waals surface area contributed by atoms with Crippen molar-refractivity contribution < 1.29 is 14.1 Å². The predicted molar refractivity (Wildman–Crippen MR) is 65.6 cm³/mol. The van der Waals surface area contributed by atoms with E-state index in [1.807, 2.05) is 6.07 Å². The van der Waals surface area contributed by atoms with E-state index in [0.29, 0.717) is 6.07 Å². The number of halogens is 1. The first-order valence-electron chi connectivity index (χ1n) is 5.51. The number of amides is 1. The van der Waals surface area contributed by atoms with Crippen LogP contribution in [0.15, 0.2) is 18.2 Å². The first kappa shape index (κ1) is 14.6. The standard InChI is InChI=1S/C12H12FN3O3/c1-7(2)9(6-14)12(17)15-11-4-3-8(16(18)19)5-10(11)13/h3-5,7,9H,1-2H3,(H,15,17). The van der Waals surface area contributed by atoms with Gasteiger partial charge in [0.05, 0.1) is 22.7 Å². The summed E-state index contributed by atoms with van der Waals surface area (Å²) in [5.41, 5.74) is -0.590. The number of benzene rings is 1. The van der Waals surface area contributed by atoms with Gasteiger partial charge in [-0.3, -0.25) is 14.9 Å². The average molecular weight is 265 g/mol. The number of nitrogens with zero attached hydrogens (tertiary/aromatic N) is 2. The molecule has 1 rings (SSSR count). The Balaban J connectivity index is 2.92. The van der Waals surface area contributed by atoms with Gasteiger partial charge in [0.2, 0.25) is 5.91 Å². The second-order valence-electron chi connectivity index (χ2n) is 4.26. The quantitative estimate of drug-likeness (QED) is 0.668. The summed E-state index contributed by atoms with van der Waals surface area (Å²) in [5, 5.41) is 21.5. The van der Waals surface area contributed by atoms with Crippen molar-refractivity contribution in [2.75, 3.05) is 5.32 Å². The van der Waals surface area contributed by atoms with Crippen LogP contribution >= 0.6 is 0 Å². The van der Waals surface area contributed by atoms with Gasteiger partial charge in [-0.2, -0.15) is 5.26 Å². The van der Waals surface area contributed by atoms with Crippen molar-refractivity contribution in [3.05, 3.63) is 34.1 Å². The van der Waals surface area contributed by atoms with Gasteiger partial charge in [0.1, 0.15) is 5.92 Å². The van der Waals surface area contributed by atoms with Gasteiger partial charge in [-0.05, 0) is 12.0 Å². The second kappa shape index (κ2) is 5.91.